The van der Waals surface area contributed by atoms with Crippen LogP contribution < -0.4 is 4.74 Å². The minimum Gasteiger partial charge on any atom is -0.465 e. The predicted molar refractivity (Wildman–Crippen MR) is 81.4 cm³/mol. The third-order valence-electron chi connectivity index (χ3n) is 3.24. The number of hydrogen-bond donors (Lipinski definition) is 0. The molecule has 1 unspecified atom stereocenters. The van der Waals surface area contributed by atoms with Crippen molar-refractivity contribution in [3.8, 4) is 5.19 Å². The lowest BCUT2D eigenvalue weighted by molar-refractivity contribution is 0.214. The first kappa shape index (κ1) is 14.8. The topological polar surface area (TPSA) is 59.5 Å². The maximum atomic E-state index is 12.5. The summed E-state index contributed by atoms with van der Waals surface area (Å²) in [4.78, 5) is 4.30. The molecule has 0 radical (unpaired) electrons. The van der Waals surface area contributed by atoms with E-state index in [9.17, 15) is 8.42 Å². The number of thiazole rings is 1. The Morgan fingerprint density at radius 2 is 2.10 bits per heavy atom. The van der Waals surface area contributed by atoms with Gasteiger partial charge < -0.3 is 4.74 Å². The van der Waals surface area contributed by atoms with E-state index < -0.39 is 10.0 Å². The van der Waals surface area contributed by atoms with Crippen molar-refractivity contribution in [2.75, 3.05) is 13.1 Å². The number of sulfonamides is 1. The largest absolute Gasteiger partial charge is 0.465 e. The third kappa shape index (κ3) is 3.21. The van der Waals surface area contributed by atoms with Gasteiger partial charge in [0.1, 0.15) is 6.10 Å². The quantitative estimate of drug-likeness (QED) is 0.855. The fourth-order valence-electron chi connectivity index (χ4n) is 2.18. The maximum absolute atomic E-state index is 12.5. The van der Waals surface area contributed by atoms with E-state index in [0.717, 1.165) is 0 Å². The van der Waals surface area contributed by atoms with E-state index in [1.165, 1.54) is 27.8 Å². The number of benzene rings is 1. The minimum absolute atomic E-state index is 0.154. The Morgan fingerprint density at radius 1 is 1.33 bits per heavy atom. The summed E-state index contributed by atoms with van der Waals surface area (Å²) in [6, 6.07) is 6.20. The van der Waals surface area contributed by atoms with E-state index in [0.29, 0.717) is 29.7 Å². The van der Waals surface area contributed by atoms with Crippen LogP contribution in [0.5, 0.6) is 5.19 Å². The molecule has 8 heteroatoms. The molecule has 1 aliphatic heterocycles. The summed E-state index contributed by atoms with van der Waals surface area (Å²) >= 11 is 7.19. The molecule has 1 atom stereocenters. The Morgan fingerprint density at radius 3 is 2.76 bits per heavy atom. The normalized spacial score (nSPS) is 19.8. The van der Waals surface area contributed by atoms with Gasteiger partial charge in [-0.3, -0.25) is 0 Å². The fourth-order valence-corrected chi connectivity index (χ4v) is 4.34. The van der Waals surface area contributed by atoms with Crippen molar-refractivity contribution in [2.45, 2.75) is 17.4 Å². The van der Waals surface area contributed by atoms with Crippen LogP contribution in [0, 0.1) is 0 Å². The number of hydrogen-bond acceptors (Lipinski definition) is 5. The van der Waals surface area contributed by atoms with E-state index in [1.807, 2.05) is 5.38 Å². The second-order valence-electron chi connectivity index (χ2n) is 4.64. The van der Waals surface area contributed by atoms with Gasteiger partial charge >= 0.3 is 0 Å². The highest BCUT2D eigenvalue weighted by Gasteiger charge is 2.33. The van der Waals surface area contributed by atoms with E-state index >= 15 is 0 Å². The molecule has 0 aliphatic carbocycles. The molecule has 0 bridgehead atoms. The van der Waals surface area contributed by atoms with Crippen molar-refractivity contribution < 1.29 is 13.2 Å². The molecule has 3 rings (SSSR count). The summed E-state index contributed by atoms with van der Waals surface area (Å²) in [5.74, 6) is 0. The van der Waals surface area contributed by atoms with Gasteiger partial charge in [-0.15, -0.1) is 0 Å². The highest BCUT2D eigenvalue weighted by Crippen LogP contribution is 2.25. The molecule has 0 saturated carbocycles. The number of aromatic nitrogens is 1. The highest BCUT2D eigenvalue weighted by molar-refractivity contribution is 7.89. The first-order valence-electron chi connectivity index (χ1n) is 6.37. The molecule has 5 nitrogen and oxygen atoms in total. The van der Waals surface area contributed by atoms with E-state index in [4.69, 9.17) is 16.3 Å². The van der Waals surface area contributed by atoms with Gasteiger partial charge in [-0.1, -0.05) is 22.9 Å². The third-order valence-corrected chi connectivity index (χ3v) is 6.03. The Bertz CT molecular complexity index is 702. The molecule has 1 fully saturated rings. The Kier molecular flexibility index (Phi) is 4.17. The molecule has 1 aliphatic rings. The monoisotopic (exact) mass is 344 g/mol. The SMILES string of the molecule is O=S(=O)(c1ccc(Cl)cc1)N1CCC(Oc2nccs2)C1. The van der Waals surface area contributed by atoms with Gasteiger partial charge in [0.25, 0.3) is 5.19 Å². The second kappa shape index (κ2) is 5.92. The second-order valence-corrected chi connectivity index (χ2v) is 7.87. The molecule has 2 heterocycles. The molecule has 112 valence electrons. The van der Waals surface area contributed by atoms with Crippen molar-refractivity contribution in [1.82, 2.24) is 9.29 Å². The van der Waals surface area contributed by atoms with Gasteiger partial charge in [0, 0.05) is 23.1 Å². The van der Waals surface area contributed by atoms with Crippen molar-refractivity contribution >= 4 is 33.0 Å². The number of halogens is 1. The van der Waals surface area contributed by atoms with Crippen LogP contribution in [0.3, 0.4) is 0 Å². The summed E-state index contributed by atoms with van der Waals surface area (Å²) in [7, 11) is -3.49. The average Bonchev–Trinajstić information content (AvgIpc) is 3.11. The minimum atomic E-state index is -3.49. The zero-order valence-corrected chi connectivity index (χ0v) is 13.4. The summed E-state index contributed by atoms with van der Waals surface area (Å²) in [5, 5.41) is 2.91. The Hall–Kier alpha value is -1.15. The summed E-state index contributed by atoms with van der Waals surface area (Å²) in [6.07, 6.45) is 2.17. The van der Waals surface area contributed by atoms with Crippen LogP contribution in [0.2, 0.25) is 5.02 Å². The fraction of sp³-hybridized carbons (Fsp3) is 0.308. The molecule has 21 heavy (non-hydrogen) atoms. The molecule has 1 aromatic carbocycles. The maximum Gasteiger partial charge on any atom is 0.273 e. The van der Waals surface area contributed by atoms with Gasteiger partial charge in [-0.05, 0) is 30.7 Å². The molecule has 1 aromatic heterocycles. The molecule has 0 amide bonds. The number of nitrogens with zero attached hydrogens (tertiary/aromatic N) is 2. The molecule has 0 spiro atoms. The van der Waals surface area contributed by atoms with Crippen LogP contribution in [-0.4, -0.2) is 36.9 Å². The first-order chi connectivity index (χ1) is 10.1. The Labute approximate surface area is 132 Å². The van der Waals surface area contributed by atoms with Gasteiger partial charge in [0.05, 0.1) is 11.4 Å². The smallest absolute Gasteiger partial charge is 0.273 e. The molecular weight excluding hydrogens is 332 g/mol. The van der Waals surface area contributed by atoms with Crippen LogP contribution in [0.4, 0.5) is 0 Å². The van der Waals surface area contributed by atoms with Gasteiger partial charge in [-0.2, -0.15) is 4.31 Å². The van der Waals surface area contributed by atoms with Crippen LogP contribution in [0.1, 0.15) is 6.42 Å². The van der Waals surface area contributed by atoms with Crippen molar-refractivity contribution in [3.63, 3.8) is 0 Å². The molecule has 2 aromatic rings. The van der Waals surface area contributed by atoms with Gasteiger partial charge in [-0.25, -0.2) is 13.4 Å². The summed E-state index contributed by atoms with van der Waals surface area (Å²) < 4.78 is 32.1. The molecule has 1 saturated heterocycles. The predicted octanol–water partition coefficient (Wildman–Crippen LogP) is 2.64. The zero-order chi connectivity index (χ0) is 14.9. The summed E-state index contributed by atoms with van der Waals surface area (Å²) in [5.41, 5.74) is 0. The average molecular weight is 345 g/mol. The lowest BCUT2D eigenvalue weighted by Gasteiger charge is -2.16. The van der Waals surface area contributed by atoms with Crippen LogP contribution in [-0.2, 0) is 10.0 Å². The molecular formula is C13H13ClN2O3S2. The number of ether oxygens (including phenoxy) is 1. The van der Waals surface area contributed by atoms with Gasteiger partial charge in [0.2, 0.25) is 10.0 Å². The zero-order valence-electron chi connectivity index (χ0n) is 11.0. The van der Waals surface area contributed by atoms with Crippen LogP contribution in [0.25, 0.3) is 0 Å². The summed E-state index contributed by atoms with van der Waals surface area (Å²) in [6.45, 7) is 0.783. The molecule has 0 N–H and O–H groups in total. The van der Waals surface area contributed by atoms with Crippen LogP contribution in [0.15, 0.2) is 40.7 Å². The number of rotatable bonds is 4. The van der Waals surface area contributed by atoms with Crippen molar-refractivity contribution in [3.05, 3.63) is 40.9 Å². The van der Waals surface area contributed by atoms with E-state index in [1.54, 1.807) is 18.3 Å². The van der Waals surface area contributed by atoms with Crippen LogP contribution >= 0.6 is 22.9 Å². The van der Waals surface area contributed by atoms with Crippen molar-refractivity contribution in [2.24, 2.45) is 0 Å². The standard InChI is InChI=1S/C13H13ClN2O3S2/c14-10-1-3-12(4-2-10)21(17,18)16-7-5-11(9-16)19-13-15-6-8-20-13/h1-4,6,8,11H,5,7,9H2. The van der Waals surface area contributed by atoms with E-state index in [-0.39, 0.29) is 11.0 Å². The highest BCUT2D eigenvalue weighted by atomic mass is 35.5. The van der Waals surface area contributed by atoms with Gasteiger partial charge in [0.15, 0.2) is 0 Å². The van der Waals surface area contributed by atoms with Crippen molar-refractivity contribution in [1.29, 1.82) is 0 Å². The Balaban J connectivity index is 1.71. The lowest BCUT2D eigenvalue weighted by Crippen LogP contribution is -2.31. The first-order valence-corrected chi connectivity index (χ1v) is 9.07. The lowest BCUT2D eigenvalue weighted by atomic mass is 10.3. The van der Waals surface area contributed by atoms with E-state index in [2.05, 4.69) is 4.98 Å².